The van der Waals surface area contributed by atoms with Gasteiger partial charge in [0.15, 0.2) is 0 Å². The van der Waals surface area contributed by atoms with E-state index in [0.717, 1.165) is 12.2 Å². The van der Waals surface area contributed by atoms with Crippen LogP contribution in [-0.4, -0.2) is 30.7 Å². The molecule has 0 aliphatic rings. The van der Waals surface area contributed by atoms with Gasteiger partial charge in [-0.3, -0.25) is 0 Å². The summed E-state index contributed by atoms with van der Waals surface area (Å²) in [7, 11) is 3.16. The summed E-state index contributed by atoms with van der Waals surface area (Å²) in [6, 6.07) is 4.19. The van der Waals surface area contributed by atoms with Gasteiger partial charge in [-0.05, 0) is 25.6 Å². The average Bonchev–Trinajstić information content (AvgIpc) is 2.90. The lowest BCUT2D eigenvalue weighted by Gasteiger charge is -2.18. The Labute approximate surface area is 123 Å². The Morgan fingerprint density at radius 3 is 2.65 bits per heavy atom. The molecule has 108 valence electrons. The number of hydrogen-bond donors (Lipinski definition) is 1. The largest absolute Gasteiger partial charge is 0.480 e. The van der Waals surface area contributed by atoms with E-state index in [0.29, 0.717) is 11.8 Å². The van der Waals surface area contributed by atoms with E-state index in [9.17, 15) is 0 Å². The summed E-state index contributed by atoms with van der Waals surface area (Å²) in [4.78, 5) is 11.2. The molecule has 1 atom stereocenters. The molecule has 2 aromatic rings. The first-order chi connectivity index (χ1) is 9.69. The molecule has 1 N–H and O–H groups in total. The van der Waals surface area contributed by atoms with Crippen molar-refractivity contribution in [1.82, 2.24) is 15.3 Å². The third-order valence-electron chi connectivity index (χ3n) is 2.87. The predicted molar refractivity (Wildman–Crippen MR) is 79.7 cm³/mol. The summed E-state index contributed by atoms with van der Waals surface area (Å²) in [5, 5.41) is 3.43. The summed E-state index contributed by atoms with van der Waals surface area (Å²) in [5.74, 6) is 0.935. The molecule has 0 fully saturated rings. The van der Waals surface area contributed by atoms with Crippen molar-refractivity contribution in [3.8, 4) is 11.8 Å². The Hall–Kier alpha value is -1.66. The van der Waals surface area contributed by atoms with E-state index in [1.165, 1.54) is 9.75 Å². The third-order valence-corrected chi connectivity index (χ3v) is 3.94. The molecule has 2 heterocycles. The summed E-state index contributed by atoms with van der Waals surface area (Å²) in [6.07, 6.45) is 1.61. The fourth-order valence-electron chi connectivity index (χ4n) is 1.96. The average molecular weight is 293 g/mol. The second-order valence-corrected chi connectivity index (χ2v) is 5.57. The molecule has 6 heteroatoms. The second-order valence-electron chi connectivity index (χ2n) is 4.25. The highest BCUT2D eigenvalue weighted by atomic mass is 32.1. The summed E-state index contributed by atoms with van der Waals surface area (Å²) in [5.41, 5.74) is 0.775. The van der Waals surface area contributed by atoms with Gasteiger partial charge in [-0.1, -0.05) is 6.92 Å². The van der Waals surface area contributed by atoms with Gasteiger partial charge in [0.1, 0.15) is 5.69 Å². The van der Waals surface area contributed by atoms with Crippen molar-refractivity contribution >= 4 is 11.3 Å². The molecular weight excluding hydrogens is 274 g/mol. The second kappa shape index (κ2) is 6.67. The van der Waals surface area contributed by atoms with Gasteiger partial charge in [0.05, 0.1) is 26.5 Å². The van der Waals surface area contributed by atoms with E-state index in [-0.39, 0.29) is 6.04 Å². The molecule has 20 heavy (non-hydrogen) atoms. The highest BCUT2D eigenvalue weighted by Crippen LogP contribution is 2.32. The van der Waals surface area contributed by atoms with Crippen molar-refractivity contribution in [3.63, 3.8) is 0 Å². The van der Waals surface area contributed by atoms with Gasteiger partial charge >= 0.3 is 0 Å². The van der Waals surface area contributed by atoms with Crippen molar-refractivity contribution in [3.05, 3.63) is 33.8 Å². The minimum atomic E-state index is -0.0212. The lowest BCUT2D eigenvalue weighted by molar-refractivity contribution is 0.353. The smallest absolute Gasteiger partial charge is 0.240 e. The molecule has 2 aromatic heterocycles. The normalized spacial score (nSPS) is 12.2. The molecule has 0 bridgehead atoms. The Kier molecular flexibility index (Phi) is 4.92. The molecular formula is C14H19N3O2S. The van der Waals surface area contributed by atoms with E-state index in [2.05, 4.69) is 41.3 Å². The van der Waals surface area contributed by atoms with Gasteiger partial charge in [0.25, 0.3) is 0 Å². The zero-order chi connectivity index (χ0) is 14.5. The third kappa shape index (κ3) is 3.08. The maximum absolute atomic E-state index is 5.35. The van der Waals surface area contributed by atoms with Crippen LogP contribution in [0.1, 0.15) is 28.4 Å². The molecule has 5 nitrogen and oxygen atoms in total. The van der Waals surface area contributed by atoms with Crippen LogP contribution in [0, 0.1) is 6.92 Å². The van der Waals surface area contributed by atoms with Gasteiger partial charge < -0.3 is 14.8 Å². The Bertz CT molecular complexity index is 571. The van der Waals surface area contributed by atoms with E-state index in [4.69, 9.17) is 9.47 Å². The fraction of sp³-hybridized carbons (Fsp3) is 0.429. The summed E-state index contributed by atoms with van der Waals surface area (Å²) in [6.45, 7) is 4.99. The Morgan fingerprint density at radius 2 is 2.10 bits per heavy atom. The number of aromatic nitrogens is 2. The molecule has 2 rings (SSSR count). The van der Waals surface area contributed by atoms with Crippen LogP contribution in [0.25, 0.3) is 0 Å². The number of thiophene rings is 1. The van der Waals surface area contributed by atoms with Gasteiger partial charge in [-0.25, -0.2) is 4.98 Å². The van der Waals surface area contributed by atoms with Crippen LogP contribution < -0.4 is 14.8 Å². The fourth-order valence-corrected chi connectivity index (χ4v) is 2.91. The SMILES string of the molecule is CCNC(c1ccc(C)s1)c1ncc(OC)nc1OC. The number of methoxy groups -OCH3 is 2. The molecule has 0 aliphatic heterocycles. The molecule has 0 spiro atoms. The maximum atomic E-state index is 5.35. The lowest BCUT2D eigenvalue weighted by atomic mass is 10.1. The van der Waals surface area contributed by atoms with Crippen LogP contribution in [0.4, 0.5) is 0 Å². The van der Waals surface area contributed by atoms with Crippen LogP contribution in [0.2, 0.25) is 0 Å². The predicted octanol–water partition coefficient (Wildman–Crippen LogP) is 2.56. The molecule has 1 unspecified atom stereocenters. The van der Waals surface area contributed by atoms with Crippen LogP contribution >= 0.6 is 11.3 Å². The number of aryl methyl sites for hydroxylation is 1. The molecule has 0 amide bonds. The lowest BCUT2D eigenvalue weighted by Crippen LogP contribution is -2.23. The van der Waals surface area contributed by atoms with E-state index < -0.39 is 0 Å². The van der Waals surface area contributed by atoms with Crippen molar-refractivity contribution < 1.29 is 9.47 Å². The quantitative estimate of drug-likeness (QED) is 0.887. The molecule has 0 saturated heterocycles. The monoisotopic (exact) mass is 293 g/mol. The summed E-state index contributed by atoms with van der Waals surface area (Å²) >= 11 is 1.74. The molecule has 0 aromatic carbocycles. The zero-order valence-electron chi connectivity index (χ0n) is 12.1. The Morgan fingerprint density at radius 1 is 1.30 bits per heavy atom. The van der Waals surface area contributed by atoms with Crippen LogP contribution in [0.3, 0.4) is 0 Å². The highest BCUT2D eigenvalue weighted by molar-refractivity contribution is 7.12. The van der Waals surface area contributed by atoms with E-state index >= 15 is 0 Å². The zero-order valence-corrected chi connectivity index (χ0v) is 13.0. The van der Waals surface area contributed by atoms with Crippen molar-refractivity contribution in [2.45, 2.75) is 19.9 Å². The van der Waals surface area contributed by atoms with Gasteiger partial charge in [0, 0.05) is 9.75 Å². The number of nitrogens with one attached hydrogen (secondary N) is 1. The van der Waals surface area contributed by atoms with Crippen molar-refractivity contribution in [1.29, 1.82) is 0 Å². The van der Waals surface area contributed by atoms with E-state index in [1.807, 2.05) is 0 Å². The number of ether oxygens (including phenoxy) is 2. The summed E-state index contributed by atoms with van der Waals surface area (Å²) < 4.78 is 10.4. The van der Waals surface area contributed by atoms with Crippen LogP contribution in [-0.2, 0) is 0 Å². The topological polar surface area (TPSA) is 56.3 Å². The first-order valence-corrected chi connectivity index (χ1v) is 7.25. The standard InChI is InChI=1S/C14H19N3O2S/c1-5-15-12(10-7-6-9(2)20-10)13-14(19-4)17-11(18-3)8-16-13/h6-8,12,15H,5H2,1-4H3. The van der Waals surface area contributed by atoms with Crippen molar-refractivity contribution in [2.75, 3.05) is 20.8 Å². The molecule has 0 radical (unpaired) electrons. The van der Waals surface area contributed by atoms with E-state index in [1.54, 1.807) is 31.8 Å². The Balaban J connectivity index is 2.43. The molecule has 0 saturated carbocycles. The minimum Gasteiger partial charge on any atom is -0.480 e. The number of nitrogens with zero attached hydrogens (tertiary/aromatic N) is 2. The number of rotatable bonds is 6. The first-order valence-electron chi connectivity index (χ1n) is 6.44. The minimum absolute atomic E-state index is 0.0212. The number of hydrogen-bond acceptors (Lipinski definition) is 6. The first kappa shape index (κ1) is 14.7. The van der Waals surface area contributed by atoms with Gasteiger partial charge in [-0.15, -0.1) is 11.3 Å². The maximum Gasteiger partial charge on any atom is 0.240 e. The van der Waals surface area contributed by atoms with Gasteiger partial charge in [0.2, 0.25) is 11.8 Å². The van der Waals surface area contributed by atoms with Crippen molar-refractivity contribution in [2.24, 2.45) is 0 Å². The van der Waals surface area contributed by atoms with Crippen LogP contribution in [0.15, 0.2) is 18.3 Å². The van der Waals surface area contributed by atoms with Crippen LogP contribution in [0.5, 0.6) is 11.8 Å². The van der Waals surface area contributed by atoms with Gasteiger partial charge in [-0.2, -0.15) is 4.98 Å². The molecule has 0 aliphatic carbocycles. The highest BCUT2D eigenvalue weighted by Gasteiger charge is 2.22.